The molecule has 0 spiro atoms. The van der Waals surface area contributed by atoms with Crippen LogP contribution >= 0.6 is 11.6 Å². The Morgan fingerprint density at radius 2 is 1.92 bits per heavy atom. The quantitative estimate of drug-likeness (QED) is 0.904. The van der Waals surface area contributed by atoms with Crippen molar-refractivity contribution in [3.63, 3.8) is 0 Å². The van der Waals surface area contributed by atoms with Gasteiger partial charge < -0.3 is 15.1 Å². The number of anilines is 2. The molecule has 1 aliphatic rings. The molecule has 2 heterocycles. The Hall–Kier alpha value is -2.25. The van der Waals surface area contributed by atoms with Gasteiger partial charge in [-0.2, -0.15) is 0 Å². The molecule has 0 atom stereocenters. The van der Waals surface area contributed by atoms with Gasteiger partial charge in [-0.25, -0.2) is 14.4 Å². The molecule has 1 saturated heterocycles. The number of aromatic nitrogens is 2. The van der Waals surface area contributed by atoms with Crippen molar-refractivity contribution >= 4 is 29.1 Å². The van der Waals surface area contributed by atoms with E-state index in [0.29, 0.717) is 17.2 Å². The number of carbonyl (C=O) groups is 1. The lowest BCUT2D eigenvalue weighted by Crippen LogP contribution is -2.46. The molecule has 1 aromatic heterocycles. The van der Waals surface area contributed by atoms with E-state index in [1.807, 2.05) is 0 Å². The van der Waals surface area contributed by atoms with Crippen LogP contribution in [0, 0.1) is 5.82 Å². The molecule has 1 fully saturated rings. The maximum Gasteiger partial charge on any atom is 0.258 e. The van der Waals surface area contributed by atoms with Gasteiger partial charge in [0.15, 0.2) is 0 Å². The molecule has 132 valence electrons. The van der Waals surface area contributed by atoms with E-state index in [4.69, 9.17) is 11.6 Å². The number of carbonyl (C=O) groups excluding carboxylic acids is 1. The van der Waals surface area contributed by atoms with Crippen LogP contribution in [0.3, 0.4) is 0 Å². The topological polar surface area (TPSA) is 61.4 Å². The monoisotopic (exact) mass is 363 g/mol. The molecule has 2 aromatic rings. The number of hydrogen-bond acceptors (Lipinski definition) is 5. The average Bonchev–Trinajstić information content (AvgIpc) is 2.65. The van der Waals surface area contributed by atoms with Crippen molar-refractivity contribution in [2.24, 2.45) is 0 Å². The molecule has 0 radical (unpaired) electrons. The highest BCUT2D eigenvalue weighted by molar-refractivity contribution is 6.31. The second-order valence-corrected chi connectivity index (χ2v) is 6.18. The number of nitrogens with one attached hydrogen (secondary N) is 1. The van der Waals surface area contributed by atoms with Crippen LogP contribution in [-0.2, 0) is 0 Å². The Kier molecular flexibility index (Phi) is 5.45. The second-order valence-electron chi connectivity index (χ2n) is 5.78. The highest BCUT2D eigenvalue weighted by atomic mass is 35.5. The Bertz CT molecular complexity index is 747. The van der Waals surface area contributed by atoms with Crippen molar-refractivity contribution in [2.75, 3.05) is 42.9 Å². The predicted molar refractivity (Wildman–Crippen MR) is 95.7 cm³/mol. The van der Waals surface area contributed by atoms with Crippen LogP contribution < -0.4 is 10.2 Å². The summed E-state index contributed by atoms with van der Waals surface area (Å²) in [5.74, 6) is -0.280. The van der Waals surface area contributed by atoms with Gasteiger partial charge in [-0.1, -0.05) is 18.5 Å². The van der Waals surface area contributed by atoms with Crippen molar-refractivity contribution in [3.05, 3.63) is 47.0 Å². The predicted octanol–water partition coefficient (Wildman–Crippen LogP) is 2.66. The summed E-state index contributed by atoms with van der Waals surface area (Å²) in [6, 6.07) is 4.01. The number of likely N-dealkylation sites (N-methyl/N-ethyl adjacent to an activating group) is 1. The summed E-state index contributed by atoms with van der Waals surface area (Å²) < 4.78 is 13.2. The number of rotatable bonds is 4. The fourth-order valence-corrected chi connectivity index (χ4v) is 2.82. The van der Waals surface area contributed by atoms with Crippen molar-refractivity contribution in [1.29, 1.82) is 0 Å². The van der Waals surface area contributed by atoms with Gasteiger partial charge >= 0.3 is 0 Å². The third kappa shape index (κ3) is 4.24. The van der Waals surface area contributed by atoms with E-state index in [1.165, 1.54) is 30.6 Å². The molecule has 0 unspecified atom stereocenters. The number of hydrogen-bond donors (Lipinski definition) is 1. The van der Waals surface area contributed by atoms with Gasteiger partial charge in [-0.05, 0) is 24.7 Å². The van der Waals surface area contributed by atoms with Crippen LogP contribution in [0.15, 0.2) is 30.6 Å². The first-order valence-electron chi connectivity index (χ1n) is 8.12. The molecular formula is C17H19ClFN5O. The Morgan fingerprint density at radius 1 is 1.24 bits per heavy atom. The van der Waals surface area contributed by atoms with E-state index in [-0.39, 0.29) is 10.9 Å². The fraction of sp³-hybridized carbons (Fsp3) is 0.353. The summed E-state index contributed by atoms with van der Waals surface area (Å²) in [4.78, 5) is 25.3. The minimum absolute atomic E-state index is 0.0457. The second kappa shape index (κ2) is 7.76. The minimum Gasteiger partial charge on any atom is -0.338 e. The third-order valence-corrected chi connectivity index (χ3v) is 4.47. The van der Waals surface area contributed by atoms with E-state index in [1.54, 1.807) is 0 Å². The average molecular weight is 364 g/mol. The molecule has 25 heavy (non-hydrogen) atoms. The molecule has 6 nitrogen and oxygen atoms in total. The highest BCUT2D eigenvalue weighted by Gasteiger charge is 2.18. The smallest absolute Gasteiger partial charge is 0.258 e. The first kappa shape index (κ1) is 17.6. The van der Waals surface area contributed by atoms with Crippen molar-refractivity contribution in [1.82, 2.24) is 14.9 Å². The van der Waals surface area contributed by atoms with Crippen LogP contribution in [0.2, 0.25) is 5.02 Å². The lowest BCUT2D eigenvalue weighted by molar-refractivity contribution is 0.102. The van der Waals surface area contributed by atoms with Crippen molar-refractivity contribution < 1.29 is 9.18 Å². The van der Waals surface area contributed by atoms with Gasteiger partial charge in [0.05, 0.1) is 10.6 Å². The number of piperazine rings is 1. The molecule has 1 N–H and O–H groups in total. The van der Waals surface area contributed by atoms with Crippen LogP contribution in [0.1, 0.15) is 17.3 Å². The standard InChI is InChI=1S/C17H19ClFN5O/c1-2-23-5-7-24(8-6-23)17-20-10-12(11-21-17)16(25)22-13-3-4-15(19)14(18)9-13/h3-4,9-11H,2,5-8H2,1H3,(H,22,25). The molecule has 0 saturated carbocycles. The minimum atomic E-state index is -0.532. The molecule has 0 bridgehead atoms. The van der Waals surface area contributed by atoms with Gasteiger partial charge in [0.2, 0.25) is 5.95 Å². The normalized spacial score (nSPS) is 15.2. The number of halogens is 2. The van der Waals surface area contributed by atoms with E-state index in [9.17, 15) is 9.18 Å². The van der Waals surface area contributed by atoms with Crippen LogP contribution in [0.4, 0.5) is 16.0 Å². The van der Waals surface area contributed by atoms with Gasteiger partial charge in [0, 0.05) is 44.3 Å². The number of amides is 1. The summed E-state index contributed by atoms with van der Waals surface area (Å²) in [6.45, 7) is 6.89. The summed E-state index contributed by atoms with van der Waals surface area (Å²) in [7, 11) is 0. The summed E-state index contributed by atoms with van der Waals surface area (Å²) in [5.41, 5.74) is 0.743. The Morgan fingerprint density at radius 3 is 2.52 bits per heavy atom. The zero-order chi connectivity index (χ0) is 17.8. The summed E-state index contributed by atoms with van der Waals surface area (Å²) in [5, 5.41) is 2.60. The largest absolute Gasteiger partial charge is 0.338 e. The zero-order valence-corrected chi connectivity index (χ0v) is 14.6. The van der Waals surface area contributed by atoms with Crippen molar-refractivity contribution in [2.45, 2.75) is 6.92 Å². The molecule has 1 aromatic carbocycles. The first-order chi connectivity index (χ1) is 12.1. The molecule has 1 amide bonds. The fourth-order valence-electron chi connectivity index (χ4n) is 2.64. The van der Waals surface area contributed by atoms with E-state index in [0.717, 1.165) is 32.7 Å². The molecule has 3 rings (SSSR count). The molecule has 1 aliphatic heterocycles. The third-order valence-electron chi connectivity index (χ3n) is 4.18. The molecule has 0 aliphatic carbocycles. The van der Waals surface area contributed by atoms with Gasteiger partial charge in [-0.3, -0.25) is 4.79 Å². The van der Waals surface area contributed by atoms with Crippen LogP contribution in [0.25, 0.3) is 0 Å². The summed E-state index contributed by atoms with van der Waals surface area (Å²) >= 11 is 5.71. The van der Waals surface area contributed by atoms with Crippen LogP contribution in [0.5, 0.6) is 0 Å². The number of nitrogens with zero attached hydrogens (tertiary/aromatic N) is 4. The Labute approximate surface area is 150 Å². The van der Waals surface area contributed by atoms with E-state index in [2.05, 4.69) is 32.0 Å². The highest BCUT2D eigenvalue weighted by Crippen LogP contribution is 2.20. The first-order valence-corrected chi connectivity index (χ1v) is 8.50. The zero-order valence-electron chi connectivity index (χ0n) is 13.9. The number of benzene rings is 1. The lowest BCUT2D eigenvalue weighted by Gasteiger charge is -2.33. The van der Waals surface area contributed by atoms with Gasteiger partial charge in [0.1, 0.15) is 5.82 Å². The summed E-state index contributed by atoms with van der Waals surface area (Å²) in [6.07, 6.45) is 2.99. The lowest BCUT2D eigenvalue weighted by atomic mass is 10.2. The SMILES string of the molecule is CCN1CCN(c2ncc(C(=O)Nc3ccc(F)c(Cl)c3)cn2)CC1. The Balaban J connectivity index is 1.63. The molecular weight excluding hydrogens is 345 g/mol. The van der Waals surface area contributed by atoms with Gasteiger partial charge in [-0.15, -0.1) is 0 Å². The molecule has 8 heteroatoms. The maximum absolute atomic E-state index is 13.2. The van der Waals surface area contributed by atoms with Gasteiger partial charge in [0.25, 0.3) is 5.91 Å². The van der Waals surface area contributed by atoms with Crippen molar-refractivity contribution in [3.8, 4) is 0 Å². The van der Waals surface area contributed by atoms with E-state index < -0.39 is 5.82 Å². The van der Waals surface area contributed by atoms with Crippen LogP contribution in [-0.4, -0.2) is 53.5 Å². The van der Waals surface area contributed by atoms with E-state index >= 15 is 0 Å². The maximum atomic E-state index is 13.2.